The molecule has 3 heteroatoms. The van der Waals surface area contributed by atoms with E-state index in [-0.39, 0.29) is 0 Å². The van der Waals surface area contributed by atoms with E-state index in [4.69, 9.17) is 4.74 Å². The third kappa shape index (κ3) is 2.99. The summed E-state index contributed by atoms with van der Waals surface area (Å²) in [4.78, 5) is 4.68. The van der Waals surface area contributed by atoms with E-state index in [1.165, 1.54) is 6.42 Å². The van der Waals surface area contributed by atoms with Crippen LogP contribution in [0, 0.1) is 0 Å². The lowest BCUT2D eigenvalue weighted by Gasteiger charge is -2.07. The molecule has 0 atom stereocenters. The van der Waals surface area contributed by atoms with Crippen LogP contribution < -0.4 is 10.1 Å². The van der Waals surface area contributed by atoms with E-state index in [0.717, 1.165) is 41.9 Å². The fourth-order valence-electron chi connectivity index (χ4n) is 1.98. The maximum Gasteiger partial charge on any atom is 0.145 e. The van der Waals surface area contributed by atoms with Crippen molar-refractivity contribution in [1.29, 1.82) is 0 Å². The zero-order valence-corrected chi connectivity index (χ0v) is 11.1. The largest absolute Gasteiger partial charge is 0.494 e. The lowest BCUT2D eigenvalue weighted by molar-refractivity contribution is 0.419. The Balaban J connectivity index is 2.15. The van der Waals surface area contributed by atoms with Crippen LogP contribution in [0.5, 0.6) is 5.75 Å². The van der Waals surface area contributed by atoms with Crippen LogP contribution in [-0.4, -0.2) is 25.2 Å². The number of hydrogen-bond donors (Lipinski definition) is 1. The van der Waals surface area contributed by atoms with Crippen molar-refractivity contribution in [2.75, 3.05) is 20.2 Å². The molecule has 0 bridgehead atoms. The lowest BCUT2D eigenvalue weighted by atomic mass is 10.1. The molecule has 18 heavy (non-hydrogen) atoms. The van der Waals surface area contributed by atoms with Crippen LogP contribution in [0.4, 0.5) is 0 Å². The Morgan fingerprint density at radius 3 is 2.83 bits per heavy atom. The number of para-hydroxylation sites is 1. The monoisotopic (exact) mass is 244 g/mol. The highest BCUT2D eigenvalue weighted by atomic mass is 16.5. The zero-order valence-electron chi connectivity index (χ0n) is 11.1. The molecule has 3 nitrogen and oxygen atoms in total. The standard InChI is InChI=1S/C15H20N2O/c1-3-10-16-11-9-13-8-7-12-5-4-6-14(18-2)15(12)17-13/h4-8,16H,3,9-11H2,1-2H3. The van der Waals surface area contributed by atoms with E-state index in [1.54, 1.807) is 7.11 Å². The van der Waals surface area contributed by atoms with Crippen molar-refractivity contribution in [2.24, 2.45) is 0 Å². The Labute approximate surface area is 108 Å². The minimum Gasteiger partial charge on any atom is -0.494 e. The molecular weight excluding hydrogens is 224 g/mol. The average Bonchev–Trinajstić information content (AvgIpc) is 2.43. The summed E-state index contributed by atoms with van der Waals surface area (Å²) in [6, 6.07) is 10.2. The normalized spacial score (nSPS) is 10.8. The van der Waals surface area contributed by atoms with E-state index in [2.05, 4.69) is 35.4 Å². The molecule has 96 valence electrons. The van der Waals surface area contributed by atoms with Gasteiger partial charge in [-0.15, -0.1) is 0 Å². The molecule has 0 spiro atoms. The van der Waals surface area contributed by atoms with Crippen molar-refractivity contribution in [3.63, 3.8) is 0 Å². The summed E-state index contributed by atoms with van der Waals surface area (Å²) in [6.07, 6.45) is 2.12. The van der Waals surface area contributed by atoms with Crippen LogP contribution in [0.15, 0.2) is 30.3 Å². The second kappa shape index (κ2) is 6.36. The van der Waals surface area contributed by atoms with Crippen molar-refractivity contribution in [1.82, 2.24) is 10.3 Å². The van der Waals surface area contributed by atoms with Gasteiger partial charge in [-0.2, -0.15) is 0 Å². The summed E-state index contributed by atoms with van der Waals surface area (Å²) < 4.78 is 5.35. The van der Waals surface area contributed by atoms with Crippen molar-refractivity contribution in [3.05, 3.63) is 36.0 Å². The molecule has 2 rings (SSSR count). The number of benzene rings is 1. The van der Waals surface area contributed by atoms with Crippen LogP contribution in [0.1, 0.15) is 19.0 Å². The van der Waals surface area contributed by atoms with Gasteiger partial charge >= 0.3 is 0 Å². The molecule has 0 saturated heterocycles. The number of ether oxygens (including phenoxy) is 1. The lowest BCUT2D eigenvalue weighted by Crippen LogP contribution is -2.18. The smallest absolute Gasteiger partial charge is 0.145 e. The van der Waals surface area contributed by atoms with Crippen molar-refractivity contribution in [3.8, 4) is 5.75 Å². The maximum atomic E-state index is 5.35. The maximum absolute atomic E-state index is 5.35. The molecule has 2 aromatic rings. The van der Waals surface area contributed by atoms with Gasteiger partial charge in [0.05, 0.1) is 7.11 Å². The average molecular weight is 244 g/mol. The second-order valence-corrected chi connectivity index (χ2v) is 4.33. The molecule has 0 aliphatic heterocycles. The van der Waals surface area contributed by atoms with Crippen molar-refractivity contribution >= 4 is 10.9 Å². The highest BCUT2D eigenvalue weighted by Crippen LogP contribution is 2.23. The molecule has 0 radical (unpaired) electrons. The van der Waals surface area contributed by atoms with Crippen molar-refractivity contribution in [2.45, 2.75) is 19.8 Å². The highest BCUT2D eigenvalue weighted by molar-refractivity contribution is 5.84. The summed E-state index contributed by atoms with van der Waals surface area (Å²) in [7, 11) is 1.69. The van der Waals surface area contributed by atoms with Gasteiger partial charge in [-0.1, -0.05) is 25.1 Å². The van der Waals surface area contributed by atoms with Crippen LogP contribution in [0.2, 0.25) is 0 Å². The Hall–Kier alpha value is -1.61. The fourth-order valence-corrected chi connectivity index (χ4v) is 1.98. The summed E-state index contributed by atoms with van der Waals surface area (Å²) >= 11 is 0. The van der Waals surface area contributed by atoms with Gasteiger partial charge in [0, 0.05) is 24.0 Å². The molecule has 1 aromatic carbocycles. The van der Waals surface area contributed by atoms with Gasteiger partial charge in [0.2, 0.25) is 0 Å². The second-order valence-electron chi connectivity index (χ2n) is 4.33. The van der Waals surface area contributed by atoms with Crippen LogP contribution in [0.25, 0.3) is 10.9 Å². The summed E-state index contributed by atoms with van der Waals surface area (Å²) in [5, 5.41) is 4.51. The number of nitrogens with zero attached hydrogens (tertiary/aromatic N) is 1. The molecule has 0 aliphatic carbocycles. The van der Waals surface area contributed by atoms with Crippen LogP contribution >= 0.6 is 0 Å². The SMILES string of the molecule is CCCNCCc1ccc2cccc(OC)c2n1. The minimum atomic E-state index is 0.843. The third-order valence-electron chi connectivity index (χ3n) is 2.95. The Bertz CT molecular complexity index is 511. The predicted molar refractivity (Wildman–Crippen MR) is 75.2 cm³/mol. The van der Waals surface area contributed by atoms with Gasteiger partial charge in [-0.25, -0.2) is 4.98 Å². The van der Waals surface area contributed by atoms with Gasteiger partial charge in [0.25, 0.3) is 0 Å². The first kappa shape index (κ1) is 12.8. The number of methoxy groups -OCH3 is 1. The Morgan fingerprint density at radius 2 is 2.06 bits per heavy atom. The van der Waals surface area contributed by atoms with Gasteiger partial charge in [0.15, 0.2) is 0 Å². The number of aromatic nitrogens is 1. The van der Waals surface area contributed by atoms with E-state index in [0.29, 0.717) is 0 Å². The summed E-state index contributed by atoms with van der Waals surface area (Å²) in [6.45, 7) is 4.21. The fraction of sp³-hybridized carbons (Fsp3) is 0.400. The molecule has 0 aliphatic rings. The van der Waals surface area contributed by atoms with Gasteiger partial charge < -0.3 is 10.1 Å². The summed E-state index contributed by atoms with van der Waals surface area (Å²) in [5.41, 5.74) is 2.06. The Morgan fingerprint density at radius 1 is 1.17 bits per heavy atom. The molecule has 1 aromatic heterocycles. The molecule has 0 saturated carbocycles. The first-order valence-corrected chi connectivity index (χ1v) is 6.48. The number of pyridine rings is 1. The highest BCUT2D eigenvalue weighted by Gasteiger charge is 2.03. The van der Waals surface area contributed by atoms with Gasteiger partial charge in [-0.05, 0) is 25.1 Å². The van der Waals surface area contributed by atoms with Crippen LogP contribution in [-0.2, 0) is 6.42 Å². The van der Waals surface area contributed by atoms with E-state index < -0.39 is 0 Å². The predicted octanol–water partition coefficient (Wildman–Crippen LogP) is 2.79. The van der Waals surface area contributed by atoms with Gasteiger partial charge in [0.1, 0.15) is 11.3 Å². The van der Waals surface area contributed by atoms with E-state index >= 15 is 0 Å². The molecule has 1 N–H and O–H groups in total. The van der Waals surface area contributed by atoms with E-state index in [9.17, 15) is 0 Å². The molecule has 0 amide bonds. The molecule has 1 heterocycles. The van der Waals surface area contributed by atoms with Crippen molar-refractivity contribution < 1.29 is 4.74 Å². The van der Waals surface area contributed by atoms with Gasteiger partial charge in [-0.3, -0.25) is 0 Å². The first-order chi connectivity index (χ1) is 8.85. The number of fused-ring (bicyclic) bond motifs is 1. The summed E-state index contributed by atoms with van der Waals surface area (Å²) in [5.74, 6) is 0.843. The number of nitrogens with one attached hydrogen (secondary N) is 1. The molecule has 0 fully saturated rings. The quantitative estimate of drug-likeness (QED) is 0.793. The molecular formula is C15H20N2O. The third-order valence-corrected chi connectivity index (χ3v) is 2.95. The van der Waals surface area contributed by atoms with E-state index in [1.807, 2.05) is 12.1 Å². The zero-order chi connectivity index (χ0) is 12.8. The molecule has 0 unspecified atom stereocenters. The number of hydrogen-bond acceptors (Lipinski definition) is 3. The number of rotatable bonds is 6. The van der Waals surface area contributed by atoms with Crippen LogP contribution in [0.3, 0.4) is 0 Å². The minimum absolute atomic E-state index is 0.843. The first-order valence-electron chi connectivity index (χ1n) is 6.48. The topological polar surface area (TPSA) is 34.1 Å². The Kier molecular flexibility index (Phi) is 4.53.